The average Bonchev–Trinajstić information content (AvgIpc) is 2.54. The molecule has 0 aromatic heterocycles. The Hall–Kier alpha value is -0.520. The zero-order valence-electron chi connectivity index (χ0n) is 15.5. The summed E-state index contributed by atoms with van der Waals surface area (Å²) in [6.07, 6.45) is 30.4. The van der Waals surface area contributed by atoms with Gasteiger partial charge in [0.25, 0.3) is 0 Å². The molecule has 0 fully saturated rings. The van der Waals surface area contributed by atoms with Crippen molar-refractivity contribution in [2.45, 2.75) is 116 Å². The molecule has 0 heteroatoms. The van der Waals surface area contributed by atoms with Gasteiger partial charge in [-0.15, -0.1) is 6.58 Å². The van der Waals surface area contributed by atoms with Crippen LogP contribution in [0.5, 0.6) is 0 Å². The lowest BCUT2D eigenvalue weighted by molar-refractivity contribution is 0.571. The van der Waals surface area contributed by atoms with Crippen LogP contribution in [0.4, 0.5) is 0 Å². The van der Waals surface area contributed by atoms with E-state index in [1.165, 1.54) is 109 Å². The number of hydrogen-bond acceptors (Lipinski definition) is 0. The van der Waals surface area contributed by atoms with Crippen LogP contribution in [0.25, 0.3) is 0 Å². The topological polar surface area (TPSA) is 0 Å². The van der Waals surface area contributed by atoms with Crippen LogP contribution < -0.4 is 0 Å². The van der Waals surface area contributed by atoms with E-state index < -0.39 is 0 Å². The van der Waals surface area contributed by atoms with Gasteiger partial charge in [-0.05, 0) is 38.5 Å². The fraction of sp³-hybridized carbons (Fsp3) is 0.818. The molecule has 0 heterocycles. The molecule has 0 aliphatic rings. The Balaban J connectivity index is 3.03. The predicted molar refractivity (Wildman–Crippen MR) is 104 cm³/mol. The molecule has 0 aliphatic heterocycles. The van der Waals surface area contributed by atoms with Gasteiger partial charge in [0, 0.05) is 0 Å². The maximum atomic E-state index is 3.77. The fourth-order valence-electron chi connectivity index (χ4n) is 2.89. The molecular formula is C22H42. The molecule has 0 N–H and O–H groups in total. The van der Waals surface area contributed by atoms with Crippen molar-refractivity contribution >= 4 is 0 Å². The molecule has 0 aliphatic carbocycles. The number of allylic oxidation sites excluding steroid dienone is 3. The smallest absolute Gasteiger partial charge is 0.0351 e. The Bertz CT molecular complexity index is 226. The van der Waals surface area contributed by atoms with Gasteiger partial charge in [0.05, 0.1) is 0 Å². The molecule has 0 bridgehead atoms. The van der Waals surface area contributed by atoms with Gasteiger partial charge in [-0.1, -0.05) is 95.8 Å². The maximum absolute atomic E-state index is 3.77. The van der Waals surface area contributed by atoms with Gasteiger partial charge < -0.3 is 0 Å². The summed E-state index contributed by atoms with van der Waals surface area (Å²) in [4.78, 5) is 0. The second-order valence-corrected chi connectivity index (χ2v) is 6.72. The first-order chi connectivity index (χ1) is 10.9. The van der Waals surface area contributed by atoms with Gasteiger partial charge in [0.1, 0.15) is 0 Å². The van der Waals surface area contributed by atoms with Crippen LogP contribution in [0.3, 0.4) is 0 Å². The minimum absolute atomic E-state index is 1.20. The molecule has 0 rings (SSSR count). The van der Waals surface area contributed by atoms with E-state index in [2.05, 4.69) is 25.7 Å². The predicted octanol–water partition coefficient (Wildman–Crippen LogP) is 8.38. The van der Waals surface area contributed by atoms with Gasteiger partial charge in [-0.3, -0.25) is 0 Å². The van der Waals surface area contributed by atoms with E-state index in [0.717, 1.165) is 0 Å². The van der Waals surface area contributed by atoms with Crippen molar-refractivity contribution in [3.63, 3.8) is 0 Å². The minimum Gasteiger partial charge on any atom is -0.103 e. The van der Waals surface area contributed by atoms with Crippen molar-refractivity contribution in [1.29, 1.82) is 0 Å². The molecule has 22 heavy (non-hydrogen) atoms. The summed E-state index contributed by atoms with van der Waals surface area (Å²) in [5.74, 6) is 0. The van der Waals surface area contributed by atoms with Crippen molar-refractivity contribution in [2.24, 2.45) is 0 Å². The maximum Gasteiger partial charge on any atom is -0.0351 e. The zero-order valence-corrected chi connectivity index (χ0v) is 15.5. The standard InChI is InChI=1S/C22H42/c1-3-5-7-9-11-13-15-17-19-21-22-20-18-16-14-12-10-8-6-4-2/h3,18,20H,1,4-17,19,21-22H2,2H3/b20-18-. The van der Waals surface area contributed by atoms with Gasteiger partial charge >= 0.3 is 0 Å². The van der Waals surface area contributed by atoms with E-state index in [9.17, 15) is 0 Å². The Morgan fingerprint density at radius 3 is 1.27 bits per heavy atom. The number of rotatable bonds is 18. The third-order valence-corrected chi connectivity index (χ3v) is 4.42. The van der Waals surface area contributed by atoms with Gasteiger partial charge in [-0.2, -0.15) is 0 Å². The van der Waals surface area contributed by atoms with Crippen LogP contribution in [-0.2, 0) is 0 Å². The SMILES string of the molecule is C=CCCCCCCCCCC/C=C\CCCCCCCC. The highest BCUT2D eigenvalue weighted by molar-refractivity contribution is 4.81. The molecule has 0 aromatic carbocycles. The molecule has 0 unspecified atom stereocenters. The van der Waals surface area contributed by atoms with E-state index in [0.29, 0.717) is 0 Å². The summed E-state index contributed by atoms with van der Waals surface area (Å²) in [6, 6.07) is 0. The van der Waals surface area contributed by atoms with Gasteiger partial charge in [-0.25, -0.2) is 0 Å². The van der Waals surface area contributed by atoms with Crippen molar-refractivity contribution < 1.29 is 0 Å². The van der Waals surface area contributed by atoms with Crippen LogP contribution in [-0.4, -0.2) is 0 Å². The number of unbranched alkanes of at least 4 members (excludes halogenated alkanes) is 15. The summed E-state index contributed by atoms with van der Waals surface area (Å²) in [7, 11) is 0. The molecule has 0 nitrogen and oxygen atoms in total. The second kappa shape index (κ2) is 20.5. The Kier molecular flexibility index (Phi) is 20.0. The van der Waals surface area contributed by atoms with Crippen LogP contribution >= 0.6 is 0 Å². The van der Waals surface area contributed by atoms with E-state index >= 15 is 0 Å². The lowest BCUT2D eigenvalue weighted by atomic mass is 10.1. The molecule has 0 saturated heterocycles. The fourth-order valence-corrected chi connectivity index (χ4v) is 2.89. The minimum atomic E-state index is 1.20. The van der Waals surface area contributed by atoms with Crippen LogP contribution in [0, 0.1) is 0 Å². The Morgan fingerprint density at radius 2 is 0.864 bits per heavy atom. The third kappa shape index (κ3) is 19.5. The first-order valence-electron chi connectivity index (χ1n) is 10.2. The van der Waals surface area contributed by atoms with Crippen LogP contribution in [0.1, 0.15) is 116 Å². The Labute approximate surface area is 141 Å². The van der Waals surface area contributed by atoms with Gasteiger partial charge in [0.15, 0.2) is 0 Å². The van der Waals surface area contributed by atoms with E-state index in [1.807, 2.05) is 6.08 Å². The largest absolute Gasteiger partial charge is 0.103 e. The van der Waals surface area contributed by atoms with Gasteiger partial charge in [0.2, 0.25) is 0 Å². The quantitative estimate of drug-likeness (QED) is 0.176. The van der Waals surface area contributed by atoms with Crippen molar-refractivity contribution in [3.05, 3.63) is 24.8 Å². The van der Waals surface area contributed by atoms with E-state index in [4.69, 9.17) is 0 Å². The second-order valence-electron chi connectivity index (χ2n) is 6.72. The third-order valence-electron chi connectivity index (χ3n) is 4.42. The molecule has 0 amide bonds. The van der Waals surface area contributed by atoms with Crippen molar-refractivity contribution in [1.82, 2.24) is 0 Å². The highest BCUT2D eigenvalue weighted by atomic mass is 14.0. The summed E-state index contributed by atoms with van der Waals surface area (Å²) >= 11 is 0. The molecule has 0 saturated carbocycles. The van der Waals surface area contributed by atoms with E-state index in [-0.39, 0.29) is 0 Å². The number of hydrogen-bond donors (Lipinski definition) is 0. The highest BCUT2D eigenvalue weighted by Crippen LogP contribution is 2.11. The first-order valence-corrected chi connectivity index (χ1v) is 10.2. The zero-order chi connectivity index (χ0) is 16.1. The molecule has 0 radical (unpaired) electrons. The summed E-state index contributed by atoms with van der Waals surface area (Å²) in [5, 5.41) is 0. The lowest BCUT2D eigenvalue weighted by Crippen LogP contribution is -1.81. The van der Waals surface area contributed by atoms with Crippen molar-refractivity contribution in [2.75, 3.05) is 0 Å². The van der Waals surface area contributed by atoms with Crippen LogP contribution in [0.15, 0.2) is 24.8 Å². The average molecular weight is 307 g/mol. The highest BCUT2D eigenvalue weighted by Gasteiger charge is 1.92. The molecular weight excluding hydrogens is 264 g/mol. The molecule has 0 spiro atoms. The lowest BCUT2D eigenvalue weighted by Gasteiger charge is -2.01. The summed E-state index contributed by atoms with van der Waals surface area (Å²) in [6.45, 7) is 6.05. The normalized spacial score (nSPS) is 11.3. The molecule has 0 aromatic rings. The summed E-state index contributed by atoms with van der Waals surface area (Å²) in [5.41, 5.74) is 0. The Morgan fingerprint density at radius 1 is 0.500 bits per heavy atom. The van der Waals surface area contributed by atoms with E-state index in [1.54, 1.807) is 0 Å². The molecule has 130 valence electrons. The molecule has 0 atom stereocenters. The monoisotopic (exact) mass is 306 g/mol. The van der Waals surface area contributed by atoms with Crippen molar-refractivity contribution in [3.8, 4) is 0 Å². The first kappa shape index (κ1) is 21.5. The van der Waals surface area contributed by atoms with Crippen LogP contribution in [0.2, 0.25) is 0 Å². The summed E-state index contributed by atoms with van der Waals surface area (Å²) < 4.78 is 0.